The maximum Gasteiger partial charge on any atom is 0.0919 e. The number of halogens is 1. The van der Waals surface area contributed by atoms with E-state index in [1.54, 1.807) is 18.7 Å². The van der Waals surface area contributed by atoms with Crippen molar-refractivity contribution in [2.24, 2.45) is 0 Å². The molecular weight excluding hydrogens is 304 g/mol. The molecule has 0 radical (unpaired) electrons. The SMILES string of the molecule is Br.CCCCCCCCCCCCO.c1c[nH]cn1. The molecule has 0 aliphatic carbocycles. The highest BCUT2D eigenvalue weighted by Crippen LogP contribution is 2.09. The number of hydrogen-bond donors (Lipinski definition) is 2. The van der Waals surface area contributed by atoms with Crippen LogP contribution in [0.4, 0.5) is 0 Å². The molecule has 0 saturated heterocycles. The van der Waals surface area contributed by atoms with Crippen LogP contribution in [0, 0.1) is 0 Å². The summed E-state index contributed by atoms with van der Waals surface area (Å²) in [4.78, 5) is 6.42. The normalized spacial score (nSPS) is 9.37. The molecule has 0 aromatic carbocycles. The minimum absolute atomic E-state index is 0. The van der Waals surface area contributed by atoms with E-state index in [0.29, 0.717) is 6.61 Å². The molecule has 0 bridgehead atoms. The van der Waals surface area contributed by atoms with Crippen molar-refractivity contribution in [2.75, 3.05) is 6.61 Å². The molecule has 0 aliphatic rings. The molecule has 0 fully saturated rings. The zero-order chi connectivity index (χ0) is 13.3. The van der Waals surface area contributed by atoms with Crippen LogP contribution in [0.5, 0.6) is 0 Å². The number of unbranched alkanes of at least 4 members (excludes halogenated alkanes) is 9. The summed E-state index contributed by atoms with van der Waals surface area (Å²) >= 11 is 0. The van der Waals surface area contributed by atoms with Crippen LogP contribution >= 0.6 is 17.0 Å². The van der Waals surface area contributed by atoms with Crippen LogP contribution in [0.1, 0.15) is 71.1 Å². The minimum atomic E-state index is 0. The fraction of sp³-hybridized carbons (Fsp3) is 0.800. The first-order valence-electron chi connectivity index (χ1n) is 7.45. The zero-order valence-electron chi connectivity index (χ0n) is 12.3. The highest BCUT2D eigenvalue weighted by atomic mass is 79.9. The van der Waals surface area contributed by atoms with Gasteiger partial charge in [-0.15, -0.1) is 17.0 Å². The monoisotopic (exact) mass is 334 g/mol. The van der Waals surface area contributed by atoms with Gasteiger partial charge < -0.3 is 10.1 Å². The third kappa shape index (κ3) is 20.1. The van der Waals surface area contributed by atoms with Gasteiger partial charge in [0.1, 0.15) is 0 Å². The largest absolute Gasteiger partial charge is 0.396 e. The zero-order valence-corrected chi connectivity index (χ0v) is 14.0. The van der Waals surface area contributed by atoms with Gasteiger partial charge in [-0.25, -0.2) is 4.98 Å². The van der Waals surface area contributed by atoms with Crippen molar-refractivity contribution in [1.29, 1.82) is 0 Å². The lowest BCUT2D eigenvalue weighted by atomic mass is 10.1. The highest BCUT2D eigenvalue weighted by Gasteiger charge is 1.91. The second kappa shape index (κ2) is 20.0. The fourth-order valence-electron chi connectivity index (χ4n) is 1.81. The Kier molecular flexibility index (Phi) is 22.0. The lowest BCUT2D eigenvalue weighted by molar-refractivity contribution is 0.282. The molecule has 0 saturated carbocycles. The smallest absolute Gasteiger partial charge is 0.0919 e. The van der Waals surface area contributed by atoms with Crippen molar-refractivity contribution in [3.05, 3.63) is 18.7 Å². The third-order valence-corrected chi connectivity index (χ3v) is 2.92. The van der Waals surface area contributed by atoms with Gasteiger partial charge in [-0.2, -0.15) is 0 Å². The molecule has 4 heteroatoms. The first-order chi connectivity index (χ1) is 8.91. The van der Waals surface area contributed by atoms with Crippen molar-refractivity contribution in [1.82, 2.24) is 9.97 Å². The first kappa shape index (κ1) is 21.0. The van der Waals surface area contributed by atoms with E-state index >= 15 is 0 Å². The summed E-state index contributed by atoms with van der Waals surface area (Å²) in [5.74, 6) is 0. The standard InChI is InChI=1S/C12H26O.C3H4N2.BrH/c1-2-3-4-5-6-7-8-9-10-11-12-13;1-2-5-3-4-1;/h13H,2-12H2,1H3;1-3H,(H,4,5);1H. The van der Waals surface area contributed by atoms with Gasteiger partial charge in [0.25, 0.3) is 0 Å². The Bertz CT molecular complexity index is 191. The predicted molar refractivity (Wildman–Crippen MR) is 87.8 cm³/mol. The molecule has 1 rings (SSSR count). The van der Waals surface area contributed by atoms with Crippen molar-refractivity contribution in [3.8, 4) is 0 Å². The Morgan fingerprint density at radius 3 is 1.74 bits per heavy atom. The molecule has 0 amide bonds. The van der Waals surface area contributed by atoms with Crippen LogP contribution < -0.4 is 0 Å². The van der Waals surface area contributed by atoms with E-state index in [0.717, 1.165) is 6.42 Å². The second-order valence-electron chi connectivity index (χ2n) is 4.67. The lowest BCUT2D eigenvalue weighted by Crippen LogP contribution is -1.84. The molecular formula is C15H31BrN2O. The van der Waals surface area contributed by atoms with Crippen LogP contribution in [0.3, 0.4) is 0 Å². The predicted octanol–water partition coefficient (Wildman–Crippen LogP) is 4.89. The van der Waals surface area contributed by atoms with Crippen LogP contribution in [-0.4, -0.2) is 21.7 Å². The Balaban J connectivity index is 0. The van der Waals surface area contributed by atoms with Gasteiger partial charge in [0.05, 0.1) is 6.33 Å². The maximum absolute atomic E-state index is 8.57. The van der Waals surface area contributed by atoms with Gasteiger partial charge in [0, 0.05) is 19.0 Å². The Morgan fingerprint density at radius 1 is 0.895 bits per heavy atom. The summed E-state index contributed by atoms with van der Waals surface area (Å²) in [6, 6.07) is 0. The Morgan fingerprint density at radius 2 is 1.42 bits per heavy atom. The molecule has 1 aromatic heterocycles. The van der Waals surface area contributed by atoms with Crippen molar-refractivity contribution >= 4 is 17.0 Å². The third-order valence-electron chi connectivity index (χ3n) is 2.92. The Hall–Kier alpha value is -0.350. The van der Waals surface area contributed by atoms with Crippen molar-refractivity contribution in [3.63, 3.8) is 0 Å². The van der Waals surface area contributed by atoms with Crippen molar-refractivity contribution in [2.45, 2.75) is 71.1 Å². The molecule has 0 aliphatic heterocycles. The quantitative estimate of drug-likeness (QED) is 0.598. The fourth-order valence-corrected chi connectivity index (χ4v) is 1.81. The van der Waals surface area contributed by atoms with E-state index < -0.39 is 0 Å². The van der Waals surface area contributed by atoms with E-state index in [4.69, 9.17) is 5.11 Å². The number of rotatable bonds is 10. The van der Waals surface area contributed by atoms with Gasteiger partial charge >= 0.3 is 0 Å². The van der Waals surface area contributed by atoms with Crippen LogP contribution in [0.25, 0.3) is 0 Å². The number of hydrogen-bond acceptors (Lipinski definition) is 2. The van der Waals surface area contributed by atoms with E-state index in [-0.39, 0.29) is 17.0 Å². The number of H-pyrrole nitrogens is 1. The summed E-state index contributed by atoms with van der Waals surface area (Å²) in [6.07, 6.45) is 18.4. The van der Waals surface area contributed by atoms with Gasteiger partial charge in [-0.3, -0.25) is 0 Å². The molecule has 19 heavy (non-hydrogen) atoms. The molecule has 1 aromatic rings. The van der Waals surface area contributed by atoms with E-state index in [9.17, 15) is 0 Å². The molecule has 0 spiro atoms. The minimum Gasteiger partial charge on any atom is -0.396 e. The molecule has 114 valence electrons. The molecule has 3 nitrogen and oxygen atoms in total. The molecule has 1 heterocycles. The summed E-state index contributed by atoms with van der Waals surface area (Å²) < 4.78 is 0. The second-order valence-corrected chi connectivity index (χ2v) is 4.67. The van der Waals surface area contributed by atoms with E-state index in [1.807, 2.05) is 0 Å². The summed E-state index contributed by atoms with van der Waals surface area (Å²) in [7, 11) is 0. The first-order valence-corrected chi connectivity index (χ1v) is 7.45. The highest BCUT2D eigenvalue weighted by molar-refractivity contribution is 8.93. The van der Waals surface area contributed by atoms with E-state index in [2.05, 4.69) is 16.9 Å². The van der Waals surface area contributed by atoms with Crippen LogP contribution in [-0.2, 0) is 0 Å². The summed E-state index contributed by atoms with van der Waals surface area (Å²) in [5, 5.41) is 8.57. The molecule has 0 atom stereocenters. The average molecular weight is 335 g/mol. The lowest BCUT2D eigenvalue weighted by Gasteiger charge is -2.00. The van der Waals surface area contributed by atoms with Crippen molar-refractivity contribution < 1.29 is 5.11 Å². The number of aliphatic hydroxyl groups is 1. The number of nitrogens with one attached hydrogen (secondary N) is 1. The molecule has 0 unspecified atom stereocenters. The van der Waals surface area contributed by atoms with Crippen LogP contribution in [0.15, 0.2) is 18.7 Å². The van der Waals surface area contributed by atoms with E-state index in [1.165, 1.54) is 57.8 Å². The van der Waals surface area contributed by atoms with Gasteiger partial charge in [0.15, 0.2) is 0 Å². The number of aromatic nitrogens is 2. The average Bonchev–Trinajstić information content (AvgIpc) is 2.96. The van der Waals surface area contributed by atoms with Gasteiger partial charge in [-0.1, -0.05) is 64.7 Å². The van der Waals surface area contributed by atoms with Crippen LogP contribution in [0.2, 0.25) is 0 Å². The number of imidazole rings is 1. The topological polar surface area (TPSA) is 48.9 Å². The summed E-state index contributed by atoms with van der Waals surface area (Å²) in [6.45, 7) is 2.63. The number of nitrogens with zero attached hydrogens (tertiary/aromatic N) is 1. The summed E-state index contributed by atoms with van der Waals surface area (Å²) in [5.41, 5.74) is 0. The molecule has 2 N–H and O–H groups in total. The number of aliphatic hydroxyl groups excluding tert-OH is 1. The van der Waals surface area contributed by atoms with Gasteiger partial charge in [0.2, 0.25) is 0 Å². The Labute approximate surface area is 129 Å². The van der Waals surface area contributed by atoms with Gasteiger partial charge in [-0.05, 0) is 6.42 Å². The number of aromatic amines is 1. The maximum atomic E-state index is 8.57.